The zero-order chi connectivity index (χ0) is 23.9. The van der Waals surface area contributed by atoms with Crippen LogP contribution in [0, 0.1) is 0 Å². The van der Waals surface area contributed by atoms with Gasteiger partial charge in [0.05, 0.1) is 5.69 Å². The number of carbonyl (C=O) groups is 1. The summed E-state index contributed by atoms with van der Waals surface area (Å²) in [5.41, 5.74) is 6.44. The van der Waals surface area contributed by atoms with E-state index >= 15 is 0 Å². The van der Waals surface area contributed by atoms with Crippen LogP contribution in [0.25, 0.3) is 11.3 Å². The summed E-state index contributed by atoms with van der Waals surface area (Å²) in [6.07, 6.45) is 9.39. The smallest absolute Gasteiger partial charge is 0.262 e. The van der Waals surface area contributed by atoms with E-state index in [0.717, 1.165) is 35.3 Å². The fraction of sp³-hybridized carbons (Fsp3) is 0.250. The van der Waals surface area contributed by atoms with Crippen molar-refractivity contribution in [1.29, 1.82) is 0 Å². The molecule has 34 heavy (non-hydrogen) atoms. The van der Waals surface area contributed by atoms with Crippen molar-refractivity contribution in [2.24, 2.45) is 0 Å². The normalized spacial score (nSPS) is 14.9. The molecule has 1 aliphatic rings. The fourth-order valence-electron chi connectivity index (χ4n) is 4.16. The zero-order valence-corrected chi connectivity index (χ0v) is 19.8. The number of fused-ring (bicyclic) bond motifs is 3. The lowest BCUT2D eigenvalue weighted by Crippen LogP contribution is -2.18. The van der Waals surface area contributed by atoms with E-state index in [1.165, 1.54) is 11.1 Å². The number of ether oxygens (including phenoxy) is 1. The fourth-order valence-corrected chi connectivity index (χ4v) is 4.16. The largest absolute Gasteiger partial charge is 0.484 e. The average Bonchev–Trinajstić information content (AvgIpc) is 2.88. The predicted molar refractivity (Wildman–Crippen MR) is 137 cm³/mol. The summed E-state index contributed by atoms with van der Waals surface area (Å²) >= 11 is 0. The van der Waals surface area contributed by atoms with Crippen molar-refractivity contribution >= 4 is 17.5 Å². The van der Waals surface area contributed by atoms with E-state index in [-0.39, 0.29) is 18.4 Å². The molecule has 6 nitrogen and oxygen atoms in total. The molecule has 1 amide bonds. The molecule has 1 aromatic heterocycles. The van der Waals surface area contributed by atoms with E-state index in [2.05, 4.69) is 52.9 Å². The van der Waals surface area contributed by atoms with E-state index < -0.39 is 0 Å². The maximum absolute atomic E-state index is 12.3. The highest BCUT2D eigenvalue weighted by atomic mass is 16.5. The number of anilines is 2. The molecule has 0 saturated carbocycles. The average molecular weight is 455 g/mol. The van der Waals surface area contributed by atoms with Crippen molar-refractivity contribution in [3.05, 3.63) is 95.4 Å². The summed E-state index contributed by atoms with van der Waals surface area (Å²) in [6.45, 7) is 3.91. The van der Waals surface area contributed by atoms with Crippen molar-refractivity contribution in [2.75, 3.05) is 24.3 Å². The monoisotopic (exact) mass is 454 g/mol. The lowest BCUT2D eigenvalue weighted by atomic mass is 9.78. The topological polar surface area (TPSA) is 76.1 Å². The van der Waals surface area contributed by atoms with Gasteiger partial charge in [-0.1, -0.05) is 49.4 Å². The number of nitrogens with one attached hydrogen (secondary N) is 2. The van der Waals surface area contributed by atoms with E-state index in [4.69, 9.17) is 9.72 Å². The Morgan fingerprint density at radius 1 is 1.18 bits per heavy atom. The Kier molecular flexibility index (Phi) is 7.38. The number of carbonyl (C=O) groups excluding carboxylic acids is 1. The minimum Gasteiger partial charge on any atom is -0.484 e. The highest BCUT2D eigenvalue weighted by molar-refractivity contribution is 5.91. The predicted octanol–water partition coefficient (Wildman–Crippen LogP) is 5.70. The number of allylic oxidation sites excluding steroid dienone is 3. The van der Waals surface area contributed by atoms with Crippen LogP contribution >= 0.6 is 0 Å². The Labute approximate surface area is 200 Å². The summed E-state index contributed by atoms with van der Waals surface area (Å²) in [6, 6.07) is 16.4. The Morgan fingerprint density at radius 2 is 1.97 bits per heavy atom. The summed E-state index contributed by atoms with van der Waals surface area (Å²) in [5, 5.41) is 5.94. The van der Waals surface area contributed by atoms with Crippen LogP contribution in [0.2, 0.25) is 0 Å². The van der Waals surface area contributed by atoms with Crippen LogP contribution < -0.4 is 10.6 Å². The van der Waals surface area contributed by atoms with Gasteiger partial charge in [-0.05, 0) is 60.7 Å². The molecule has 0 radical (unpaired) electrons. The van der Waals surface area contributed by atoms with Crippen LogP contribution in [-0.4, -0.2) is 29.5 Å². The van der Waals surface area contributed by atoms with Crippen molar-refractivity contribution in [3.8, 4) is 11.3 Å². The molecule has 0 spiro atoms. The minimum atomic E-state index is -0.188. The van der Waals surface area contributed by atoms with Gasteiger partial charge in [-0.15, -0.1) is 0 Å². The van der Waals surface area contributed by atoms with Gasteiger partial charge in [-0.3, -0.25) is 4.79 Å². The number of hydrogen-bond donors (Lipinski definition) is 2. The molecule has 174 valence electrons. The number of aromatic nitrogens is 2. The molecular formula is C28H30N4O2. The van der Waals surface area contributed by atoms with E-state index in [0.29, 0.717) is 11.7 Å². The standard InChI is InChI=1S/C28H30N4O2/c1-4-6-9-22(5-2)34-18-26(33)31-21-14-12-19(13-15-21)25-16-20-17-30-28(29-3)32-27(20)24-11-8-7-10-23(24)25/h5-15,17,25H,4,16,18H2,1-3H3,(H,31,33)(H,29,30,32)/b9-6-,22-5+. The number of hydrogen-bond acceptors (Lipinski definition) is 5. The van der Waals surface area contributed by atoms with Crippen LogP contribution in [0.3, 0.4) is 0 Å². The van der Waals surface area contributed by atoms with Gasteiger partial charge in [0, 0.05) is 30.4 Å². The van der Waals surface area contributed by atoms with Gasteiger partial charge >= 0.3 is 0 Å². The first kappa shape index (κ1) is 23.2. The van der Waals surface area contributed by atoms with Gasteiger partial charge in [0.15, 0.2) is 6.61 Å². The molecule has 0 saturated heterocycles. The summed E-state index contributed by atoms with van der Waals surface area (Å²) < 4.78 is 5.58. The van der Waals surface area contributed by atoms with Gasteiger partial charge in [0.2, 0.25) is 5.95 Å². The third-order valence-corrected chi connectivity index (χ3v) is 5.87. The van der Waals surface area contributed by atoms with Crippen molar-refractivity contribution in [1.82, 2.24) is 9.97 Å². The Balaban J connectivity index is 1.48. The van der Waals surface area contributed by atoms with Gasteiger partial charge in [-0.25, -0.2) is 9.97 Å². The molecule has 1 atom stereocenters. The number of nitrogens with zero attached hydrogens (tertiary/aromatic N) is 2. The van der Waals surface area contributed by atoms with Crippen LogP contribution in [0.4, 0.5) is 11.6 Å². The van der Waals surface area contributed by atoms with Crippen LogP contribution in [-0.2, 0) is 16.0 Å². The minimum absolute atomic E-state index is 0.0309. The molecule has 4 rings (SSSR count). The van der Waals surface area contributed by atoms with Gasteiger partial charge < -0.3 is 15.4 Å². The second-order valence-corrected chi connectivity index (χ2v) is 8.12. The van der Waals surface area contributed by atoms with Crippen molar-refractivity contribution in [3.63, 3.8) is 0 Å². The first-order chi connectivity index (χ1) is 16.6. The number of rotatable bonds is 8. The lowest BCUT2D eigenvalue weighted by Gasteiger charge is -2.27. The van der Waals surface area contributed by atoms with Crippen LogP contribution in [0.5, 0.6) is 0 Å². The summed E-state index contributed by atoms with van der Waals surface area (Å²) in [5.74, 6) is 1.32. The number of amides is 1. The maximum atomic E-state index is 12.3. The van der Waals surface area contributed by atoms with Gasteiger partial charge in [0.25, 0.3) is 5.91 Å². The Hall–Kier alpha value is -3.93. The third kappa shape index (κ3) is 5.17. The molecule has 0 fully saturated rings. The van der Waals surface area contributed by atoms with Gasteiger partial charge in [0.1, 0.15) is 5.76 Å². The molecule has 0 aliphatic heterocycles. The quantitative estimate of drug-likeness (QED) is 0.337. The lowest BCUT2D eigenvalue weighted by molar-refractivity contribution is -0.119. The SMILES string of the molecule is C/C=C(\C=C/CC)OCC(=O)Nc1ccc(C2Cc3cnc(NC)nc3-c3ccccc32)cc1. The highest BCUT2D eigenvalue weighted by Crippen LogP contribution is 2.41. The zero-order valence-electron chi connectivity index (χ0n) is 19.8. The van der Waals surface area contributed by atoms with Crippen LogP contribution in [0.1, 0.15) is 42.9 Å². The second-order valence-electron chi connectivity index (χ2n) is 8.12. The molecule has 1 aliphatic carbocycles. The molecule has 0 bridgehead atoms. The molecule has 2 aromatic carbocycles. The Bertz CT molecular complexity index is 1220. The summed E-state index contributed by atoms with van der Waals surface area (Å²) in [4.78, 5) is 21.5. The number of benzene rings is 2. The molecule has 3 aromatic rings. The highest BCUT2D eigenvalue weighted by Gasteiger charge is 2.27. The van der Waals surface area contributed by atoms with E-state index in [1.54, 1.807) is 0 Å². The molecule has 6 heteroatoms. The van der Waals surface area contributed by atoms with Gasteiger partial charge in [-0.2, -0.15) is 0 Å². The molecular weight excluding hydrogens is 424 g/mol. The second kappa shape index (κ2) is 10.8. The molecule has 2 N–H and O–H groups in total. The molecule has 1 unspecified atom stereocenters. The van der Waals surface area contributed by atoms with Crippen LogP contribution in [0.15, 0.2) is 78.7 Å². The maximum Gasteiger partial charge on any atom is 0.262 e. The Morgan fingerprint density at radius 3 is 2.71 bits per heavy atom. The van der Waals surface area contributed by atoms with Crippen molar-refractivity contribution in [2.45, 2.75) is 32.6 Å². The van der Waals surface area contributed by atoms with E-state index in [1.807, 2.05) is 56.6 Å². The first-order valence-electron chi connectivity index (χ1n) is 11.6. The van der Waals surface area contributed by atoms with E-state index in [9.17, 15) is 4.79 Å². The first-order valence-corrected chi connectivity index (χ1v) is 11.6. The van der Waals surface area contributed by atoms with Crippen molar-refractivity contribution < 1.29 is 9.53 Å². The molecule has 1 heterocycles. The summed E-state index contributed by atoms with van der Waals surface area (Å²) in [7, 11) is 1.83. The third-order valence-electron chi connectivity index (χ3n) is 5.87.